The van der Waals surface area contributed by atoms with E-state index in [4.69, 9.17) is 4.74 Å². The summed E-state index contributed by atoms with van der Waals surface area (Å²) < 4.78 is 6.03. The molecular formula is C25H28Br2O. The van der Waals surface area contributed by atoms with Crippen LogP contribution in [0.5, 0.6) is 5.75 Å². The fourth-order valence-corrected chi connectivity index (χ4v) is 5.17. The van der Waals surface area contributed by atoms with Crippen LogP contribution in [-0.2, 0) is 19.3 Å². The third-order valence-corrected chi connectivity index (χ3v) is 7.08. The van der Waals surface area contributed by atoms with Crippen molar-refractivity contribution in [2.45, 2.75) is 51.4 Å². The summed E-state index contributed by atoms with van der Waals surface area (Å²) in [5, 5.41) is 2.12. The average molecular weight is 504 g/mol. The SMILES string of the molecule is BrCCCCOc1ccc2c(c1)/C(=C1/CCc3ccc(CCCBr)cc31)CC2. The third kappa shape index (κ3) is 4.41. The largest absolute Gasteiger partial charge is 0.494 e. The number of benzene rings is 2. The number of hydrogen-bond donors (Lipinski definition) is 0. The van der Waals surface area contributed by atoms with E-state index in [2.05, 4.69) is 68.3 Å². The fourth-order valence-electron chi connectivity index (χ4n) is 4.50. The topological polar surface area (TPSA) is 9.23 Å². The smallest absolute Gasteiger partial charge is 0.119 e. The summed E-state index contributed by atoms with van der Waals surface area (Å²) >= 11 is 7.05. The first kappa shape index (κ1) is 20.2. The number of hydrogen-bond acceptors (Lipinski definition) is 1. The molecule has 2 aromatic rings. The molecule has 0 saturated carbocycles. The molecule has 0 aliphatic heterocycles. The molecular weight excluding hydrogens is 476 g/mol. The molecule has 148 valence electrons. The van der Waals surface area contributed by atoms with Crippen LogP contribution in [-0.4, -0.2) is 17.3 Å². The lowest BCUT2D eigenvalue weighted by molar-refractivity contribution is 0.310. The van der Waals surface area contributed by atoms with E-state index in [-0.39, 0.29) is 0 Å². The molecule has 0 saturated heterocycles. The van der Waals surface area contributed by atoms with Crippen LogP contribution in [0.25, 0.3) is 11.1 Å². The van der Waals surface area contributed by atoms with Crippen molar-refractivity contribution < 1.29 is 4.74 Å². The molecule has 2 aromatic carbocycles. The Hall–Kier alpha value is -1.06. The highest BCUT2D eigenvalue weighted by atomic mass is 79.9. The molecule has 0 bridgehead atoms. The third-order valence-electron chi connectivity index (χ3n) is 5.95. The lowest BCUT2D eigenvalue weighted by Gasteiger charge is -2.12. The second-order valence-corrected chi connectivity index (χ2v) is 9.39. The van der Waals surface area contributed by atoms with E-state index in [1.165, 1.54) is 53.5 Å². The van der Waals surface area contributed by atoms with Gasteiger partial charge in [-0.05, 0) is 102 Å². The van der Waals surface area contributed by atoms with Crippen molar-refractivity contribution in [3.05, 3.63) is 64.2 Å². The van der Waals surface area contributed by atoms with Gasteiger partial charge >= 0.3 is 0 Å². The Bertz CT molecular complexity index is 869. The minimum Gasteiger partial charge on any atom is -0.494 e. The highest BCUT2D eigenvalue weighted by Gasteiger charge is 2.25. The Morgan fingerprint density at radius 2 is 1.39 bits per heavy atom. The van der Waals surface area contributed by atoms with Gasteiger partial charge in [-0.25, -0.2) is 0 Å². The average Bonchev–Trinajstić information content (AvgIpc) is 3.32. The maximum absolute atomic E-state index is 6.03. The van der Waals surface area contributed by atoms with Gasteiger partial charge in [0.2, 0.25) is 0 Å². The minimum atomic E-state index is 0.802. The maximum Gasteiger partial charge on any atom is 0.119 e. The van der Waals surface area contributed by atoms with Crippen molar-refractivity contribution in [1.82, 2.24) is 0 Å². The van der Waals surface area contributed by atoms with E-state index in [0.717, 1.165) is 48.7 Å². The molecule has 28 heavy (non-hydrogen) atoms. The van der Waals surface area contributed by atoms with Crippen LogP contribution in [0.15, 0.2) is 36.4 Å². The number of alkyl halides is 2. The van der Waals surface area contributed by atoms with Crippen LogP contribution < -0.4 is 4.74 Å². The summed E-state index contributed by atoms with van der Waals surface area (Å²) in [5.74, 6) is 1.03. The Morgan fingerprint density at radius 1 is 0.714 bits per heavy atom. The molecule has 1 nitrogen and oxygen atoms in total. The Morgan fingerprint density at radius 3 is 2.11 bits per heavy atom. The molecule has 2 aliphatic carbocycles. The number of aryl methyl sites for hydroxylation is 3. The van der Waals surface area contributed by atoms with E-state index in [0.29, 0.717) is 0 Å². The molecule has 0 N–H and O–H groups in total. The van der Waals surface area contributed by atoms with Crippen LogP contribution in [0.3, 0.4) is 0 Å². The Labute approximate surface area is 185 Å². The van der Waals surface area contributed by atoms with Crippen molar-refractivity contribution in [3.63, 3.8) is 0 Å². The zero-order valence-corrected chi connectivity index (χ0v) is 19.6. The molecule has 4 rings (SSSR count). The van der Waals surface area contributed by atoms with Crippen LogP contribution >= 0.6 is 31.9 Å². The number of unbranched alkanes of at least 4 members (excludes halogenated alkanes) is 1. The molecule has 0 atom stereocenters. The second-order valence-electron chi connectivity index (χ2n) is 7.80. The lowest BCUT2D eigenvalue weighted by Crippen LogP contribution is -1.98. The van der Waals surface area contributed by atoms with Crippen LogP contribution in [0, 0.1) is 0 Å². The lowest BCUT2D eigenvalue weighted by atomic mass is 9.95. The molecule has 0 radical (unpaired) electrons. The number of rotatable bonds is 8. The van der Waals surface area contributed by atoms with Crippen molar-refractivity contribution >= 4 is 43.0 Å². The highest BCUT2D eigenvalue weighted by Crippen LogP contribution is 2.44. The second kappa shape index (κ2) is 9.63. The molecule has 0 heterocycles. The predicted molar refractivity (Wildman–Crippen MR) is 127 cm³/mol. The van der Waals surface area contributed by atoms with E-state index in [9.17, 15) is 0 Å². The standard InChI is InChI=1S/C25H28Br2O/c26-13-1-2-15-28-21-10-7-20-9-12-23(25(20)17-21)22-11-8-19-6-5-18(4-3-14-27)16-24(19)22/h5-7,10,16-17H,1-4,8-9,11-15H2/b23-22-. The zero-order chi connectivity index (χ0) is 19.3. The minimum absolute atomic E-state index is 0.802. The van der Waals surface area contributed by atoms with E-state index in [1.54, 1.807) is 11.1 Å². The van der Waals surface area contributed by atoms with E-state index in [1.807, 2.05) is 0 Å². The molecule has 0 spiro atoms. The van der Waals surface area contributed by atoms with Gasteiger partial charge in [0.05, 0.1) is 6.61 Å². The molecule has 3 heteroatoms. The van der Waals surface area contributed by atoms with Gasteiger partial charge < -0.3 is 4.74 Å². The monoisotopic (exact) mass is 502 g/mol. The fraction of sp³-hybridized carbons (Fsp3) is 0.440. The van der Waals surface area contributed by atoms with Crippen molar-refractivity contribution in [3.8, 4) is 5.75 Å². The van der Waals surface area contributed by atoms with Gasteiger partial charge in [-0.1, -0.05) is 56.1 Å². The summed E-state index contributed by atoms with van der Waals surface area (Å²) in [4.78, 5) is 0. The molecule has 0 fully saturated rings. The Balaban J connectivity index is 1.61. The molecule has 0 amide bonds. The summed E-state index contributed by atoms with van der Waals surface area (Å²) in [6.07, 6.45) is 9.31. The number of ether oxygens (including phenoxy) is 1. The van der Waals surface area contributed by atoms with Gasteiger partial charge in [-0.15, -0.1) is 0 Å². The van der Waals surface area contributed by atoms with Crippen molar-refractivity contribution in [2.75, 3.05) is 17.3 Å². The van der Waals surface area contributed by atoms with Crippen molar-refractivity contribution in [1.29, 1.82) is 0 Å². The van der Waals surface area contributed by atoms with E-state index >= 15 is 0 Å². The van der Waals surface area contributed by atoms with Gasteiger partial charge in [-0.2, -0.15) is 0 Å². The first-order valence-electron chi connectivity index (χ1n) is 10.5. The molecule has 0 unspecified atom stereocenters. The maximum atomic E-state index is 6.03. The normalized spacial score (nSPS) is 17.6. The highest BCUT2D eigenvalue weighted by molar-refractivity contribution is 9.09. The number of halogens is 2. The quantitative estimate of drug-likeness (QED) is 0.270. The first-order chi connectivity index (χ1) is 13.8. The van der Waals surface area contributed by atoms with E-state index < -0.39 is 0 Å². The molecule has 0 aromatic heterocycles. The summed E-state index contributed by atoms with van der Waals surface area (Å²) in [6.45, 7) is 0.802. The van der Waals surface area contributed by atoms with Crippen molar-refractivity contribution in [2.24, 2.45) is 0 Å². The summed E-state index contributed by atoms with van der Waals surface area (Å²) in [6, 6.07) is 13.9. The van der Waals surface area contributed by atoms with Crippen LogP contribution in [0.4, 0.5) is 0 Å². The van der Waals surface area contributed by atoms with Gasteiger partial charge in [0.1, 0.15) is 5.75 Å². The predicted octanol–water partition coefficient (Wildman–Crippen LogP) is 7.37. The number of allylic oxidation sites excluding steroid dienone is 2. The van der Waals surface area contributed by atoms with Gasteiger partial charge in [0.25, 0.3) is 0 Å². The Kier molecular flexibility index (Phi) is 6.95. The summed E-state index contributed by atoms with van der Waals surface area (Å²) in [5.41, 5.74) is 10.6. The zero-order valence-electron chi connectivity index (χ0n) is 16.4. The van der Waals surface area contributed by atoms with Gasteiger partial charge in [-0.3, -0.25) is 0 Å². The van der Waals surface area contributed by atoms with Crippen LogP contribution in [0.1, 0.15) is 59.9 Å². The molecule has 2 aliphatic rings. The van der Waals surface area contributed by atoms with Gasteiger partial charge in [0, 0.05) is 10.7 Å². The van der Waals surface area contributed by atoms with Gasteiger partial charge in [0.15, 0.2) is 0 Å². The van der Waals surface area contributed by atoms with Crippen LogP contribution in [0.2, 0.25) is 0 Å². The first-order valence-corrected chi connectivity index (χ1v) is 12.8. The summed E-state index contributed by atoms with van der Waals surface area (Å²) in [7, 11) is 0. The number of fused-ring (bicyclic) bond motifs is 2.